The van der Waals surface area contributed by atoms with Crippen molar-refractivity contribution in [3.63, 3.8) is 0 Å². The molecule has 0 spiro atoms. The van der Waals surface area contributed by atoms with Gasteiger partial charge in [-0.15, -0.1) is 24.0 Å². The number of hydrogen-bond donors (Lipinski definition) is 2. The summed E-state index contributed by atoms with van der Waals surface area (Å²) in [4.78, 5) is 4.62. The first-order chi connectivity index (χ1) is 12.9. The number of rotatable bonds is 11. The number of ether oxygens (including phenoxy) is 3. The Bertz CT molecular complexity index is 371. The molecule has 0 aromatic carbocycles. The first kappa shape index (κ1) is 24.9. The summed E-state index contributed by atoms with van der Waals surface area (Å²) in [5.74, 6) is 1.46. The lowest BCUT2D eigenvalue weighted by molar-refractivity contribution is 0.0468. The molecule has 0 bridgehead atoms. The highest BCUT2D eigenvalue weighted by Gasteiger charge is 2.15. The van der Waals surface area contributed by atoms with Crippen LogP contribution in [0.1, 0.15) is 58.3 Å². The molecule has 2 aliphatic rings. The van der Waals surface area contributed by atoms with E-state index in [0.29, 0.717) is 12.0 Å². The van der Waals surface area contributed by atoms with Gasteiger partial charge in [0.2, 0.25) is 0 Å². The molecule has 1 atom stereocenters. The van der Waals surface area contributed by atoms with E-state index in [2.05, 4.69) is 22.5 Å². The number of guanidine groups is 1. The van der Waals surface area contributed by atoms with Crippen LogP contribution in [0.5, 0.6) is 0 Å². The lowest BCUT2D eigenvalue weighted by Crippen LogP contribution is -2.39. The van der Waals surface area contributed by atoms with Gasteiger partial charge in [0.1, 0.15) is 0 Å². The lowest BCUT2D eigenvalue weighted by atomic mass is 10.1. The topological polar surface area (TPSA) is 64.1 Å². The van der Waals surface area contributed by atoms with Crippen LogP contribution in [0.2, 0.25) is 0 Å². The van der Waals surface area contributed by atoms with Crippen molar-refractivity contribution in [1.82, 2.24) is 10.6 Å². The van der Waals surface area contributed by atoms with Gasteiger partial charge in [0, 0.05) is 38.8 Å². The molecule has 7 heteroatoms. The third-order valence-corrected chi connectivity index (χ3v) is 4.99. The van der Waals surface area contributed by atoms with Gasteiger partial charge in [-0.25, -0.2) is 0 Å². The van der Waals surface area contributed by atoms with Crippen LogP contribution in [-0.2, 0) is 14.2 Å². The third-order valence-electron chi connectivity index (χ3n) is 4.99. The molecule has 0 radical (unpaired) electrons. The van der Waals surface area contributed by atoms with Gasteiger partial charge in [0.15, 0.2) is 5.96 Å². The quantitative estimate of drug-likeness (QED) is 0.151. The Kier molecular flexibility index (Phi) is 15.5. The minimum atomic E-state index is 0. The molecule has 2 N–H and O–H groups in total. The monoisotopic (exact) mass is 497 g/mol. The van der Waals surface area contributed by atoms with Gasteiger partial charge in [-0.3, -0.25) is 4.99 Å². The summed E-state index contributed by atoms with van der Waals surface area (Å²) in [7, 11) is 0. The standard InChI is InChI=1S/C20H39N3O3.HI/c1-2-21-20(22-11-7-13-24-16-18-10-14-25-17-18)23-12-15-26-19-8-5-3-4-6-9-19;/h18-19H,2-17H2,1H3,(H2,21,22,23);1H. The van der Waals surface area contributed by atoms with Crippen molar-refractivity contribution >= 4 is 29.9 Å². The fourth-order valence-corrected chi connectivity index (χ4v) is 3.47. The summed E-state index contributed by atoms with van der Waals surface area (Å²) in [5, 5.41) is 6.66. The van der Waals surface area contributed by atoms with E-state index < -0.39 is 0 Å². The molecule has 0 amide bonds. The summed E-state index contributed by atoms with van der Waals surface area (Å²) >= 11 is 0. The summed E-state index contributed by atoms with van der Waals surface area (Å²) < 4.78 is 17.1. The average molecular weight is 497 g/mol. The average Bonchev–Trinajstić information content (AvgIpc) is 3.03. The second-order valence-corrected chi connectivity index (χ2v) is 7.33. The SMILES string of the molecule is CCNC(=NCCCOCC1CCOC1)NCCOC1CCCCCC1.I. The zero-order chi connectivity index (χ0) is 18.3. The van der Waals surface area contributed by atoms with Gasteiger partial charge >= 0.3 is 0 Å². The van der Waals surface area contributed by atoms with Crippen molar-refractivity contribution in [3.8, 4) is 0 Å². The maximum Gasteiger partial charge on any atom is 0.191 e. The number of halogens is 1. The third kappa shape index (κ3) is 12.1. The predicted molar refractivity (Wildman–Crippen MR) is 121 cm³/mol. The second kappa shape index (κ2) is 16.8. The molecule has 160 valence electrons. The molecule has 2 fully saturated rings. The number of nitrogens with zero attached hydrogens (tertiary/aromatic N) is 1. The summed E-state index contributed by atoms with van der Waals surface area (Å²) in [6.07, 6.45) is 10.4. The van der Waals surface area contributed by atoms with Gasteiger partial charge in [0.25, 0.3) is 0 Å². The van der Waals surface area contributed by atoms with Crippen LogP contribution < -0.4 is 10.6 Å². The van der Waals surface area contributed by atoms with Crippen molar-refractivity contribution in [2.75, 3.05) is 52.7 Å². The molecule has 27 heavy (non-hydrogen) atoms. The normalized spacial score (nSPS) is 21.5. The van der Waals surface area contributed by atoms with E-state index in [0.717, 1.165) is 71.5 Å². The van der Waals surface area contributed by atoms with Crippen molar-refractivity contribution in [3.05, 3.63) is 0 Å². The van der Waals surface area contributed by atoms with E-state index in [1.165, 1.54) is 38.5 Å². The van der Waals surface area contributed by atoms with Crippen LogP contribution in [0.3, 0.4) is 0 Å². The number of aliphatic imine (C=N–C) groups is 1. The van der Waals surface area contributed by atoms with E-state index in [1.54, 1.807) is 0 Å². The Hall–Kier alpha value is -0.120. The van der Waals surface area contributed by atoms with E-state index in [9.17, 15) is 0 Å². The zero-order valence-corrected chi connectivity index (χ0v) is 19.4. The molecule has 0 aromatic rings. The van der Waals surface area contributed by atoms with Crippen LogP contribution in [0.4, 0.5) is 0 Å². The molecule has 1 aliphatic carbocycles. The molecule has 2 rings (SSSR count). The van der Waals surface area contributed by atoms with Crippen LogP contribution in [0.15, 0.2) is 4.99 Å². The van der Waals surface area contributed by atoms with Crippen LogP contribution in [0, 0.1) is 5.92 Å². The van der Waals surface area contributed by atoms with E-state index >= 15 is 0 Å². The first-order valence-corrected chi connectivity index (χ1v) is 10.7. The highest BCUT2D eigenvalue weighted by Crippen LogP contribution is 2.19. The van der Waals surface area contributed by atoms with Crippen molar-refractivity contribution < 1.29 is 14.2 Å². The van der Waals surface area contributed by atoms with Crippen molar-refractivity contribution in [2.24, 2.45) is 10.9 Å². The summed E-state index contributed by atoms with van der Waals surface area (Å²) in [6, 6.07) is 0. The minimum Gasteiger partial charge on any atom is -0.381 e. The second-order valence-electron chi connectivity index (χ2n) is 7.33. The molecule has 1 heterocycles. The molecule has 0 aromatic heterocycles. The van der Waals surface area contributed by atoms with E-state index in [1.807, 2.05) is 0 Å². The fraction of sp³-hybridized carbons (Fsp3) is 0.950. The maximum absolute atomic E-state index is 6.02. The summed E-state index contributed by atoms with van der Waals surface area (Å²) in [5.41, 5.74) is 0. The smallest absolute Gasteiger partial charge is 0.191 e. The lowest BCUT2D eigenvalue weighted by Gasteiger charge is -2.16. The molecule has 1 saturated heterocycles. The molecular formula is C20H40IN3O3. The molecular weight excluding hydrogens is 457 g/mol. The van der Waals surface area contributed by atoms with Gasteiger partial charge in [0.05, 0.1) is 25.9 Å². The van der Waals surface area contributed by atoms with Crippen LogP contribution >= 0.6 is 24.0 Å². The zero-order valence-electron chi connectivity index (χ0n) is 17.0. The molecule has 1 unspecified atom stereocenters. The van der Waals surface area contributed by atoms with Gasteiger partial charge in [-0.2, -0.15) is 0 Å². The first-order valence-electron chi connectivity index (χ1n) is 10.7. The number of nitrogens with one attached hydrogen (secondary N) is 2. The fourth-order valence-electron chi connectivity index (χ4n) is 3.47. The Labute approximate surface area is 182 Å². The van der Waals surface area contributed by atoms with Crippen LogP contribution in [0.25, 0.3) is 0 Å². The Morgan fingerprint density at radius 2 is 1.89 bits per heavy atom. The van der Waals surface area contributed by atoms with Gasteiger partial charge in [-0.05, 0) is 32.6 Å². The Morgan fingerprint density at radius 3 is 2.59 bits per heavy atom. The van der Waals surface area contributed by atoms with Crippen molar-refractivity contribution in [2.45, 2.75) is 64.4 Å². The number of hydrogen-bond acceptors (Lipinski definition) is 4. The van der Waals surface area contributed by atoms with Crippen LogP contribution in [-0.4, -0.2) is 64.7 Å². The van der Waals surface area contributed by atoms with E-state index in [-0.39, 0.29) is 24.0 Å². The Morgan fingerprint density at radius 1 is 1.07 bits per heavy atom. The Balaban J connectivity index is 0.00000364. The van der Waals surface area contributed by atoms with Gasteiger partial charge < -0.3 is 24.8 Å². The highest BCUT2D eigenvalue weighted by molar-refractivity contribution is 14.0. The maximum atomic E-state index is 6.02. The molecule has 1 aliphatic heterocycles. The minimum absolute atomic E-state index is 0. The molecule has 6 nitrogen and oxygen atoms in total. The van der Waals surface area contributed by atoms with E-state index in [4.69, 9.17) is 14.2 Å². The predicted octanol–water partition coefficient (Wildman–Crippen LogP) is 3.34. The van der Waals surface area contributed by atoms with Gasteiger partial charge in [-0.1, -0.05) is 25.7 Å². The van der Waals surface area contributed by atoms with Crippen molar-refractivity contribution in [1.29, 1.82) is 0 Å². The highest BCUT2D eigenvalue weighted by atomic mass is 127. The molecule has 1 saturated carbocycles. The largest absolute Gasteiger partial charge is 0.381 e. The summed E-state index contributed by atoms with van der Waals surface area (Å²) in [6.45, 7) is 8.63.